The summed E-state index contributed by atoms with van der Waals surface area (Å²) in [4.78, 5) is 30.3. The maximum atomic E-state index is 13.3. The van der Waals surface area contributed by atoms with Gasteiger partial charge in [0.25, 0.3) is 0 Å². The number of carbonyl (C=O) groups is 2. The molecular weight excluding hydrogens is 458 g/mol. The SMILES string of the molecule is Cn1cc(C[C@@H](NC(=O)OC(C)(C)C)C(=O)NCCn2c(CO)nc3ccccc32)c2ccccc21. The average molecular weight is 492 g/mol. The van der Waals surface area contributed by atoms with Gasteiger partial charge in [0.15, 0.2) is 0 Å². The third-order valence-electron chi connectivity index (χ3n) is 5.92. The number of hydrogen-bond acceptors (Lipinski definition) is 5. The van der Waals surface area contributed by atoms with Crippen LogP contribution in [0, 0.1) is 0 Å². The number of aryl methyl sites for hydroxylation is 1. The van der Waals surface area contributed by atoms with Crippen molar-refractivity contribution in [3.63, 3.8) is 0 Å². The van der Waals surface area contributed by atoms with Crippen molar-refractivity contribution in [2.75, 3.05) is 6.54 Å². The number of alkyl carbamates (subject to hydrolysis) is 1. The summed E-state index contributed by atoms with van der Waals surface area (Å²) in [6.07, 6.45) is 1.64. The van der Waals surface area contributed by atoms with Crippen LogP contribution < -0.4 is 10.6 Å². The summed E-state index contributed by atoms with van der Waals surface area (Å²) in [5, 5.41) is 16.4. The highest BCUT2D eigenvalue weighted by Crippen LogP contribution is 2.22. The molecule has 0 unspecified atom stereocenters. The van der Waals surface area contributed by atoms with E-state index >= 15 is 0 Å². The molecule has 1 atom stereocenters. The molecule has 2 heterocycles. The number of imidazole rings is 1. The van der Waals surface area contributed by atoms with Crippen LogP contribution in [-0.2, 0) is 36.2 Å². The first-order chi connectivity index (χ1) is 17.2. The number of rotatable bonds is 8. The maximum absolute atomic E-state index is 13.3. The highest BCUT2D eigenvalue weighted by atomic mass is 16.6. The molecule has 4 aromatic rings. The second-order valence-corrected chi connectivity index (χ2v) is 9.80. The predicted octanol–water partition coefficient (Wildman–Crippen LogP) is 3.27. The molecule has 4 rings (SSSR count). The van der Waals surface area contributed by atoms with Crippen molar-refractivity contribution in [1.82, 2.24) is 24.8 Å². The number of nitrogens with one attached hydrogen (secondary N) is 2. The van der Waals surface area contributed by atoms with Crippen molar-refractivity contribution in [3.05, 3.63) is 66.1 Å². The number of aliphatic hydroxyl groups excluding tert-OH is 1. The normalized spacial score (nSPS) is 12.6. The van der Waals surface area contributed by atoms with Crippen LogP contribution in [-0.4, -0.2) is 49.4 Å². The van der Waals surface area contributed by atoms with Gasteiger partial charge in [-0.15, -0.1) is 0 Å². The zero-order valence-electron chi connectivity index (χ0n) is 21.1. The quantitative estimate of drug-likeness (QED) is 0.350. The van der Waals surface area contributed by atoms with Gasteiger partial charge in [0, 0.05) is 43.7 Å². The maximum Gasteiger partial charge on any atom is 0.408 e. The first-order valence-electron chi connectivity index (χ1n) is 12.0. The molecule has 0 aliphatic carbocycles. The van der Waals surface area contributed by atoms with Crippen molar-refractivity contribution >= 4 is 33.9 Å². The number of para-hydroxylation sites is 3. The molecule has 2 aromatic carbocycles. The van der Waals surface area contributed by atoms with Crippen molar-refractivity contribution < 1.29 is 19.4 Å². The van der Waals surface area contributed by atoms with Gasteiger partial charge < -0.3 is 29.6 Å². The van der Waals surface area contributed by atoms with Crippen LogP contribution in [0.2, 0.25) is 0 Å². The van der Waals surface area contributed by atoms with E-state index in [1.54, 1.807) is 20.8 Å². The monoisotopic (exact) mass is 491 g/mol. The van der Waals surface area contributed by atoms with Crippen molar-refractivity contribution in [2.24, 2.45) is 7.05 Å². The molecule has 3 N–H and O–H groups in total. The van der Waals surface area contributed by atoms with Crippen molar-refractivity contribution in [1.29, 1.82) is 0 Å². The zero-order valence-corrected chi connectivity index (χ0v) is 21.1. The second kappa shape index (κ2) is 10.4. The minimum absolute atomic E-state index is 0.202. The summed E-state index contributed by atoms with van der Waals surface area (Å²) in [6.45, 7) is 5.86. The van der Waals surface area contributed by atoms with E-state index in [0.29, 0.717) is 25.3 Å². The number of nitrogens with zero attached hydrogens (tertiary/aromatic N) is 3. The van der Waals surface area contributed by atoms with Gasteiger partial charge in [-0.05, 0) is 44.5 Å². The third kappa shape index (κ3) is 5.68. The molecule has 0 saturated carbocycles. The van der Waals surface area contributed by atoms with Crippen molar-refractivity contribution in [3.8, 4) is 0 Å². The Morgan fingerprint density at radius 1 is 1.08 bits per heavy atom. The van der Waals surface area contributed by atoms with E-state index < -0.39 is 17.7 Å². The van der Waals surface area contributed by atoms with Crippen LogP contribution in [0.4, 0.5) is 4.79 Å². The Morgan fingerprint density at radius 2 is 1.78 bits per heavy atom. The number of carbonyl (C=O) groups excluding carboxylic acids is 2. The van der Waals surface area contributed by atoms with Gasteiger partial charge in [-0.1, -0.05) is 30.3 Å². The largest absolute Gasteiger partial charge is 0.444 e. The minimum atomic E-state index is -0.831. The van der Waals surface area contributed by atoms with E-state index in [2.05, 4.69) is 15.6 Å². The van der Waals surface area contributed by atoms with E-state index in [0.717, 1.165) is 27.5 Å². The lowest BCUT2D eigenvalue weighted by Gasteiger charge is -2.23. The molecule has 0 saturated heterocycles. The van der Waals surface area contributed by atoms with E-state index in [1.807, 2.05) is 70.9 Å². The van der Waals surface area contributed by atoms with Crippen LogP contribution in [0.1, 0.15) is 32.2 Å². The topological polar surface area (TPSA) is 110 Å². The summed E-state index contributed by atoms with van der Waals surface area (Å²) in [5.41, 5.74) is 2.98. The molecule has 2 aromatic heterocycles. The molecule has 0 aliphatic rings. The Bertz CT molecular complexity index is 1380. The van der Waals surface area contributed by atoms with E-state index in [9.17, 15) is 14.7 Å². The summed E-state index contributed by atoms with van der Waals surface area (Å²) in [7, 11) is 1.95. The third-order valence-corrected chi connectivity index (χ3v) is 5.92. The molecular formula is C27H33N5O4. The fraction of sp³-hybridized carbons (Fsp3) is 0.370. The standard InChI is InChI=1S/C27H33N5O4/c1-27(2,3)36-26(35)30-21(15-18-16-31(4)22-11-7-5-9-19(18)22)25(34)28-13-14-32-23-12-8-6-10-20(23)29-24(32)17-33/h5-12,16,21,33H,13-15,17H2,1-4H3,(H,28,34)(H,30,35)/t21-/m1/s1. The van der Waals surface area contributed by atoms with Gasteiger partial charge in [-0.3, -0.25) is 4.79 Å². The summed E-state index contributed by atoms with van der Waals surface area (Å²) >= 11 is 0. The molecule has 190 valence electrons. The summed E-state index contributed by atoms with van der Waals surface area (Å²) in [5.74, 6) is 0.216. The molecule has 9 nitrogen and oxygen atoms in total. The van der Waals surface area contributed by atoms with Gasteiger partial charge in [-0.25, -0.2) is 9.78 Å². The van der Waals surface area contributed by atoms with Crippen LogP contribution in [0.25, 0.3) is 21.9 Å². The van der Waals surface area contributed by atoms with Crippen LogP contribution in [0.3, 0.4) is 0 Å². The Morgan fingerprint density at radius 3 is 2.50 bits per heavy atom. The van der Waals surface area contributed by atoms with E-state index in [-0.39, 0.29) is 12.5 Å². The number of hydrogen-bond donors (Lipinski definition) is 3. The molecule has 0 spiro atoms. The number of fused-ring (bicyclic) bond motifs is 2. The summed E-state index contributed by atoms with van der Waals surface area (Å²) < 4.78 is 9.31. The Balaban J connectivity index is 1.51. The second-order valence-electron chi connectivity index (χ2n) is 9.80. The Kier molecular flexibility index (Phi) is 7.30. The average Bonchev–Trinajstić information content (AvgIpc) is 3.35. The number of benzene rings is 2. The molecule has 36 heavy (non-hydrogen) atoms. The first kappa shape index (κ1) is 25.2. The van der Waals surface area contributed by atoms with Gasteiger partial charge in [0.05, 0.1) is 11.0 Å². The fourth-order valence-electron chi connectivity index (χ4n) is 4.38. The van der Waals surface area contributed by atoms with E-state index in [1.165, 1.54) is 0 Å². The highest BCUT2D eigenvalue weighted by Gasteiger charge is 2.26. The molecule has 0 fully saturated rings. The number of aromatic nitrogens is 3. The van der Waals surface area contributed by atoms with Gasteiger partial charge in [0.2, 0.25) is 5.91 Å². The molecule has 9 heteroatoms. The van der Waals surface area contributed by atoms with Crippen molar-refractivity contribution in [2.45, 2.75) is 52.0 Å². The summed E-state index contributed by atoms with van der Waals surface area (Å²) in [6, 6.07) is 14.7. The van der Waals surface area contributed by atoms with Crippen LogP contribution >= 0.6 is 0 Å². The predicted molar refractivity (Wildman–Crippen MR) is 138 cm³/mol. The number of amides is 2. The van der Waals surface area contributed by atoms with Crippen LogP contribution in [0.5, 0.6) is 0 Å². The molecule has 2 amide bonds. The Hall–Kier alpha value is -3.85. The number of ether oxygens (including phenoxy) is 1. The number of aliphatic hydroxyl groups is 1. The highest BCUT2D eigenvalue weighted by molar-refractivity contribution is 5.88. The lowest BCUT2D eigenvalue weighted by atomic mass is 10.0. The first-order valence-corrected chi connectivity index (χ1v) is 12.0. The van der Waals surface area contributed by atoms with Crippen LogP contribution in [0.15, 0.2) is 54.7 Å². The van der Waals surface area contributed by atoms with Gasteiger partial charge >= 0.3 is 6.09 Å². The Labute approximate surface area is 210 Å². The fourth-order valence-corrected chi connectivity index (χ4v) is 4.38. The van der Waals surface area contributed by atoms with Gasteiger partial charge in [0.1, 0.15) is 24.1 Å². The van der Waals surface area contributed by atoms with E-state index in [4.69, 9.17) is 4.74 Å². The molecule has 0 bridgehead atoms. The van der Waals surface area contributed by atoms with Gasteiger partial charge in [-0.2, -0.15) is 0 Å². The minimum Gasteiger partial charge on any atom is -0.444 e. The smallest absolute Gasteiger partial charge is 0.408 e. The zero-order chi connectivity index (χ0) is 25.9. The lowest BCUT2D eigenvalue weighted by Crippen LogP contribution is -2.49. The lowest BCUT2D eigenvalue weighted by molar-refractivity contribution is -0.123. The molecule has 0 radical (unpaired) electrons. The molecule has 0 aliphatic heterocycles.